The summed E-state index contributed by atoms with van der Waals surface area (Å²) < 4.78 is 17.0. The van der Waals surface area contributed by atoms with E-state index in [9.17, 15) is 0 Å². The molecule has 0 N–H and O–H groups in total. The third kappa shape index (κ3) is 6.18. The Labute approximate surface area is 233 Å². The fourth-order valence-electron chi connectivity index (χ4n) is 6.07. The second-order valence-electron chi connectivity index (χ2n) is 9.60. The van der Waals surface area contributed by atoms with Gasteiger partial charge in [0, 0.05) is 49.8 Å². The Bertz CT molecular complexity index is 1050. The molecule has 0 radical (unpaired) electrons. The van der Waals surface area contributed by atoms with Crippen molar-refractivity contribution in [1.82, 2.24) is 9.80 Å². The van der Waals surface area contributed by atoms with Gasteiger partial charge in [-0.3, -0.25) is 9.80 Å². The van der Waals surface area contributed by atoms with Crippen LogP contribution in [0.1, 0.15) is 35.4 Å². The zero-order valence-corrected chi connectivity index (χ0v) is 23.5. The second-order valence-corrected chi connectivity index (χ2v) is 9.60. The summed E-state index contributed by atoms with van der Waals surface area (Å²) in [7, 11) is 5.11. The minimum Gasteiger partial charge on any atom is -0.496 e. The summed E-state index contributed by atoms with van der Waals surface area (Å²) in [5.41, 5.74) is 3.85. The van der Waals surface area contributed by atoms with Gasteiger partial charge in [-0.1, -0.05) is 60.7 Å². The molecule has 2 saturated heterocycles. The Morgan fingerprint density at radius 1 is 0.784 bits per heavy atom. The molecule has 7 heteroatoms. The molecule has 0 spiro atoms. The first kappa shape index (κ1) is 29.1. The van der Waals surface area contributed by atoms with Crippen molar-refractivity contribution in [1.29, 1.82) is 0 Å². The van der Waals surface area contributed by atoms with Crippen LogP contribution in [0.2, 0.25) is 0 Å². The summed E-state index contributed by atoms with van der Waals surface area (Å²) in [4.78, 5) is 5.38. The maximum Gasteiger partial charge on any atom is 0.130 e. The van der Waals surface area contributed by atoms with E-state index in [1.807, 2.05) is 12.1 Å². The van der Waals surface area contributed by atoms with Crippen LogP contribution in [0.3, 0.4) is 0 Å². The van der Waals surface area contributed by atoms with Gasteiger partial charge in [-0.15, -0.1) is 24.8 Å². The molecule has 5 rings (SSSR count). The highest BCUT2D eigenvalue weighted by molar-refractivity contribution is 5.85. The minimum atomic E-state index is 0. The molecule has 0 aromatic heterocycles. The van der Waals surface area contributed by atoms with Crippen molar-refractivity contribution >= 4 is 24.8 Å². The lowest BCUT2D eigenvalue weighted by atomic mass is 9.82. The van der Waals surface area contributed by atoms with Crippen LogP contribution in [0, 0.1) is 0 Å². The standard InChI is InChI=1S/C30H36N2O3.2ClH/c1-33-25-17-28(34-2)26(29(18-25)35-3)20-31-19-24-15-10-16-32(24)27(21-31)30(22-11-6-4-7-12-22)23-13-8-5-9-14-23;;/h4-9,11-14,17-18,24,27,30H,10,15-16,19-21H2,1-3H3;2*1H/t24-,27-;;/m0../s1. The van der Waals surface area contributed by atoms with E-state index in [-0.39, 0.29) is 24.8 Å². The minimum absolute atomic E-state index is 0. The van der Waals surface area contributed by atoms with Crippen LogP contribution in [0.15, 0.2) is 72.8 Å². The molecule has 2 aliphatic heterocycles. The molecular formula is C30H38Cl2N2O3. The summed E-state index contributed by atoms with van der Waals surface area (Å²) in [6, 6.07) is 26.9. The van der Waals surface area contributed by atoms with E-state index >= 15 is 0 Å². The number of methoxy groups -OCH3 is 3. The molecule has 0 amide bonds. The van der Waals surface area contributed by atoms with E-state index < -0.39 is 0 Å². The third-order valence-electron chi connectivity index (χ3n) is 7.66. The van der Waals surface area contributed by atoms with E-state index in [0.717, 1.165) is 42.4 Å². The van der Waals surface area contributed by atoms with Crippen molar-refractivity contribution < 1.29 is 14.2 Å². The number of ether oxygens (including phenoxy) is 3. The van der Waals surface area contributed by atoms with Gasteiger partial charge < -0.3 is 14.2 Å². The van der Waals surface area contributed by atoms with Gasteiger partial charge in [-0.05, 0) is 30.5 Å². The zero-order chi connectivity index (χ0) is 24.2. The average molecular weight is 546 g/mol. The quantitative estimate of drug-likeness (QED) is 0.345. The SMILES string of the molecule is COc1cc(OC)c(CN2C[C@@H]3CCCN3[C@H](C(c3ccccc3)c3ccccc3)C2)c(OC)c1.Cl.Cl. The smallest absolute Gasteiger partial charge is 0.130 e. The van der Waals surface area contributed by atoms with Gasteiger partial charge in [0.25, 0.3) is 0 Å². The second kappa shape index (κ2) is 13.4. The predicted octanol–water partition coefficient (Wildman–Crippen LogP) is 6.04. The first-order valence-electron chi connectivity index (χ1n) is 12.6. The molecule has 2 aliphatic rings. The molecule has 2 fully saturated rings. The van der Waals surface area contributed by atoms with Crippen LogP contribution >= 0.6 is 24.8 Å². The number of rotatable bonds is 8. The van der Waals surface area contributed by atoms with Gasteiger partial charge in [0.05, 0.1) is 26.9 Å². The molecule has 0 bridgehead atoms. The van der Waals surface area contributed by atoms with Crippen LogP contribution in [-0.2, 0) is 6.54 Å². The highest BCUT2D eigenvalue weighted by Gasteiger charge is 2.42. The molecule has 0 aliphatic carbocycles. The summed E-state index contributed by atoms with van der Waals surface area (Å²) >= 11 is 0. The number of hydrogen-bond donors (Lipinski definition) is 0. The molecule has 3 aromatic rings. The molecule has 200 valence electrons. The summed E-state index contributed by atoms with van der Waals surface area (Å²) in [6.45, 7) is 4.01. The molecule has 2 atom stereocenters. The molecule has 2 heterocycles. The Morgan fingerprint density at radius 3 is 1.86 bits per heavy atom. The van der Waals surface area contributed by atoms with Crippen molar-refractivity contribution in [3.63, 3.8) is 0 Å². The lowest BCUT2D eigenvalue weighted by molar-refractivity contribution is 0.0377. The Balaban J connectivity index is 0.00000190. The molecular weight excluding hydrogens is 507 g/mol. The number of piperazine rings is 1. The zero-order valence-electron chi connectivity index (χ0n) is 21.8. The largest absolute Gasteiger partial charge is 0.496 e. The van der Waals surface area contributed by atoms with Gasteiger partial charge >= 0.3 is 0 Å². The highest BCUT2D eigenvalue weighted by Crippen LogP contribution is 2.40. The fourth-order valence-corrected chi connectivity index (χ4v) is 6.07. The van der Waals surface area contributed by atoms with E-state index in [0.29, 0.717) is 18.0 Å². The number of fused-ring (bicyclic) bond motifs is 1. The fraction of sp³-hybridized carbons (Fsp3) is 0.400. The van der Waals surface area contributed by atoms with Crippen LogP contribution in [0.25, 0.3) is 0 Å². The van der Waals surface area contributed by atoms with Crippen LogP contribution in [0.4, 0.5) is 0 Å². The average Bonchev–Trinajstić information content (AvgIpc) is 3.39. The predicted molar refractivity (Wildman–Crippen MR) is 154 cm³/mol. The van der Waals surface area contributed by atoms with Gasteiger partial charge in [-0.2, -0.15) is 0 Å². The van der Waals surface area contributed by atoms with Gasteiger partial charge in [-0.25, -0.2) is 0 Å². The summed E-state index contributed by atoms with van der Waals surface area (Å²) in [5, 5.41) is 0. The van der Waals surface area contributed by atoms with Crippen molar-refractivity contribution in [2.45, 2.75) is 37.4 Å². The van der Waals surface area contributed by atoms with Crippen molar-refractivity contribution in [2.75, 3.05) is 41.0 Å². The lowest BCUT2D eigenvalue weighted by Gasteiger charge is -2.47. The topological polar surface area (TPSA) is 34.2 Å². The highest BCUT2D eigenvalue weighted by atomic mass is 35.5. The van der Waals surface area contributed by atoms with Crippen LogP contribution in [0.5, 0.6) is 17.2 Å². The molecule has 3 aromatic carbocycles. The molecule has 0 saturated carbocycles. The third-order valence-corrected chi connectivity index (χ3v) is 7.66. The number of halogens is 2. The van der Waals surface area contributed by atoms with Crippen molar-refractivity contribution in [3.05, 3.63) is 89.5 Å². The first-order chi connectivity index (χ1) is 17.2. The monoisotopic (exact) mass is 544 g/mol. The van der Waals surface area contributed by atoms with E-state index in [2.05, 4.69) is 70.5 Å². The summed E-state index contributed by atoms with van der Waals surface area (Å²) in [6.07, 6.45) is 2.51. The van der Waals surface area contributed by atoms with Gasteiger partial charge in [0.15, 0.2) is 0 Å². The maximum absolute atomic E-state index is 5.77. The normalized spacial score (nSPS) is 19.5. The number of benzene rings is 3. The molecule has 5 nitrogen and oxygen atoms in total. The van der Waals surface area contributed by atoms with Crippen LogP contribution in [-0.4, -0.2) is 62.8 Å². The van der Waals surface area contributed by atoms with E-state index in [1.165, 1.54) is 30.5 Å². The molecule has 0 unspecified atom stereocenters. The van der Waals surface area contributed by atoms with Crippen molar-refractivity contribution in [2.24, 2.45) is 0 Å². The van der Waals surface area contributed by atoms with Crippen LogP contribution < -0.4 is 14.2 Å². The summed E-state index contributed by atoms with van der Waals surface area (Å²) in [5.74, 6) is 2.69. The van der Waals surface area contributed by atoms with Gasteiger partial charge in [0.1, 0.15) is 17.2 Å². The number of hydrogen-bond acceptors (Lipinski definition) is 5. The van der Waals surface area contributed by atoms with Crippen molar-refractivity contribution in [3.8, 4) is 17.2 Å². The number of nitrogens with zero attached hydrogens (tertiary/aromatic N) is 2. The first-order valence-corrected chi connectivity index (χ1v) is 12.6. The Hall–Kier alpha value is -2.44. The van der Waals surface area contributed by atoms with E-state index in [1.54, 1.807) is 21.3 Å². The Kier molecular flexibility index (Phi) is 10.5. The molecule has 37 heavy (non-hydrogen) atoms. The lowest BCUT2D eigenvalue weighted by Crippen LogP contribution is -2.57. The maximum atomic E-state index is 5.77. The Morgan fingerprint density at radius 2 is 1.35 bits per heavy atom. The van der Waals surface area contributed by atoms with E-state index in [4.69, 9.17) is 14.2 Å². The van der Waals surface area contributed by atoms with Gasteiger partial charge in [0.2, 0.25) is 0 Å².